The summed E-state index contributed by atoms with van der Waals surface area (Å²) in [6.45, 7) is 0.800. The van der Waals surface area contributed by atoms with Gasteiger partial charge in [-0.2, -0.15) is 0 Å². The number of halogens is 2. The Balaban J connectivity index is 1.65. The van der Waals surface area contributed by atoms with Gasteiger partial charge >= 0.3 is 0 Å². The molecular formula is C18H19Cl2N3S. The summed E-state index contributed by atoms with van der Waals surface area (Å²) >= 11 is 17.3. The molecule has 2 aromatic rings. The largest absolute Gasteiger partial charge is 0.362 e. The van der Waals surface area contributed by atoms with Gasteiger partial charge in [-0.3, -0.25) is 0 Å². The maximum Gasteiger partial charge on any atom is 0.171 e. The van der Waals surface area contributed by atoms with Gasteiger partial charge < -0.3 is 10.6 Å². The number of pyridine rings is 1. The normalized spacial score (nSPS) is 15.9. The van der Waals surface area contributed by atoms with Crippen molar-refractivity contribution in [3.8, 4) is 0 Å². The molecule has 6 heteroatoms. The SMILES string of the molecule is S=C(NCC1(c2ccc(Cl)cc2)CCCC1)Nc1ccc(Cl)cn1. The number of rotatable bonds is 4. The van der Waals surface area contributed by atoms with Crippen molar-refractivity contribution in [1.29, 1.82) is 0 Å². The highest BCUT2D eigenvalue weighted by molar-refractivity contribution is 7.80. The van der Waals surface area contributed by atoms with Crippen LogP contribution in [-0.4, -0.2) is 16.6 Å². The van der Waals surface area contributed by atoms with E-state index in [1.165, 1.54) is 18.4 Å². The number of hydrogen-bond acceptors (Lipinski definition) is 2. The van der Waals surface area contributed by atoms with Crippen LogP contribution in [0.2, 0.25) is 10.0 Å². The first kappa shape index (κ1) is 17.5. The van der Waals surface area contributed by atoms with Crippen molar-refractivity contribution in [3.05, 3.63) is 58.2 Å². The van der Waals surface area contributed by atoms with Crippen LogP contribution in [0.4, 0.5) is 5.82 Å². The molecular weight excluding hydrogens is 361 g/mol. The first-order valence-electron chi connectivity index (χ1n) is 8.00. The van der Waals surface area contributed by atoms with E-state index in [2.05, 4.69) is 27.8 Å². The summed E-state index contributed by atoms with van der Waals surface area (Å²) in [5, 5.41) is 8.40. The van der Waals surface area contributed by atoms with E-state index in [-0.39, 0.29) is 5.41 Å². The van der Waals surface area contributed by atoms with Gasteiger partial charge in [-0.15, -0.1) is 0 Å². The third-order valence-corrected chi connectivity index (χ3v) is 5.30. The Morgan fingerprint density at radius 3 is 2.33 bits per heavy atom. The Labute approximate surface area is 157 Å². The van der Waals surface area contributed by atoms with Crippen molar-refractivity contribution in [2.45, 2.75) is 31.1 Å². The molecule has 1 saturated carbocycles. The van der Waals surface area contributed by atoms with Gasteiger partial charge in [0.25, 0.3) is 0 Å². The summed E-state index contributed by atoms with van der Waals surface area (Å²) in [4.78, 5) is 4.20. The van der Waals surface area contributed by atoms with E-state index in [1.54, 1.807) is 18.3 Å². The molecule has 0 radical (unpaired) electrons. The predicted molar refractivity (Wildman–Crippen MR) is 105 cm³/mol. The monoisotopic (exact) mass is 379 g/mol. The molecule has 0 bridgehead atoms. The van der Waals surface area contributed by atoms with Crippen molar-refractivity contribution >= 4 is 46.4 Å². The minimum Gasteiger partial charge on any atom is -0.362 e. The van der Waals surface area contributed by atoms with Crippen molar-refractivity contribution in [3.63, 3.8) is 0 Å². The van der Waals surface area contributed by atoms with E-state index in [1.807, 2.05) is 12.1 Å². The molecule has 1 aromatic heterocycles. The molecule has 1 aromatic carbocycles. The lowest BCUT2D eigenvalue weighted by molar-refractivity contribution is 0.435. The predicted octanol–water partition coefficient (Wildman–Crippen LogP) is 5.19. The molecule has 1 aliphatic rings. The van der Waals surface area contributed by atoms with Gasteiger partial charge in [0.2, 0.25) is 0 Å². The number of nitrogens with zero attached hydrogens (tertiary/aromatic N) is 1. The highest BCUT2D eigenvalue weighted by Crippen LogP contribution is 2.40. The number of benzene rings is 1. The quantitative estimate of drug-likeness (QED) is 0.716. The molecule has 3 rings (SSSR count). The molecule has 24 heavy (non-hydrogen) atoms. The molecule has 126 valence electrons. The first-order chi connectivity index (χ1) is 11.6. The Bertz CT molecular complexity index is 695. The zero-order valence-electron chi connectivity index (χ0n) is 13.2. The van der Waals surface area contributed by atoms with Gasteiger partial charge in [0.05, 0.1) is 5.02 Å². The van der Waals surface area contributed by atoms with Crippen LogP contribution in [-0.2, 0) is 5.41 Å². The van der Waals surface area contributed by atoms with E-state index in [0.717, 1.165) is 24.4 Å². The molecule has 0 aliphatic heterocycles. The second-order valence-electron chi connectivity index (χ2n) is 6.16. The standard InChI is InChI=1S/C18H19Cl2N3S/c19-14-5-3-13(4-6-14)18(9-1-2-10-18)12-22-17(24)23-16-8-7-15(20)11-21-16/h3-8,11H,1-2,9-10,12H2,(H2,21,22,23,24). The Hall–Kier alpha value is -1.36. The van der Waals surface area contributed by atoms with Crippen molar-refractivity contribution in [1.82, 2.24) is 10.3 Å². The minimum atomic E-state index is 0.115. The summed E-state index contributed by atoms with van der Waals surface area (Å²) < 4.78 is 0. The van der Waals surface area contributed by atoms with Crippen LogP contribution in [0.25, 0.3) is 0 Å². The van der Waals surface area contributed by atoms with Crippen LogP contribution >= 0.6 is 35.4 Å². The lowest BCUT2D eigenvalue weighted by atomic mass is 9.79. The minimum absolute atomic E-state index is 0.115. The third-order valence-electron chi connectivity index (χ3n) is 4.57. The van der Waals surface area contributed by atoms with E-state index in [9.17, 15) is 0 Å². The second kappa shape index (κ2) is 7.68. The average Bonchev–Trinajstić information content (AvgIpc) is 3.06. The molecule has 1 heterocycles. The number of aromatic nitrogens is 1. The van der Waals surface area contributed by atoms with Gasteiger partial charge in [-0.05, 0) is 54.9 Å². The van der Waals surface area contributed by atoms with Crippen LogP contribution < -0.4 is 10.6 Å². The maximum atomic E-state index is 6.03. The zero-order valence-corrected chi connectivity index (χ0v) is 15.5. The van der Waals surface area contributed by atoms with E-state index in [4.69, 9.17) is 35.4 Å². The smallest absolute Gasteiger partial charge is 0.171 e. The van der Waals surface area contributed by atoms with Gasteiger partial charge in [0, 0.05) is 23.2 Å². The molecule has 0 spiro atoms. The summed E-state index contributed by atoms with van der Waals surface area (Å²) in [6.07, 6.45) is 6.39. The topological polar surface area (TPSA) is 37.0 Å². The highest BCUT2D eigenvalue weighted by Gasteiger charge is 2.35. The fourth-order valence-corrected chi connectivity index (χ4v) is 3.70. The van der Waals surface area contributed by atoms with Crippen molar-refractivity contribution in [2.75, 3.05) is 11.9 Å². The van der Waals surface area contributed by atoms with Gasteiger partial charge in [-0.25, -0.2) is 4.98 Å². The van der Waals surface area contributed by atoms with E-state index < -0.39 is 0 Å². The Kier molecular flexibility index (Phi) is 5.59. The third kappa shape index (κ3) is 4.18. The summed E-state index contributed by atoms with van der Waals surface area (Å²) in [5.74, 6) is 0.684. The van der Waals surface area contributed by atoms with Gasteiger partial charge in [0.1, 0.15) is 5.82 Å². The summed E-state index contributed by atoms with van der Waals surface area (Å²) in [7, 11) is 0. The maximum absolute atomic E-state index is 6.03. The molecule has 0 atom stereocenters. The summed E-state index contributed by atoms with van der Waals surface area (Å²) in [5.41, 5.74) is 1.44. The van der Waals surface area contributed by atoms with Gasteiger partial charge in [0.15, 0.2) is 5.11 Å². The Morgan fingerprint density at radius 2 is 1.71 bits per heavy atom. The summed E-state index contributed by atoms with van der Waals surface area (Å²) in [6, 6.07) is 11.8. The van der Waals surface area contributed by atoms with Crippen LogP contribution in [0.1, 0.15) is 31.2 Å². The molecule has 0 saturated heterocycles. The van der Waals surface area contributed by atoms with Crippen LogP contribution in [0.15, 0.2) is 42.6 Å². The lowest BCUT2D eigenvalue weighted by Gasteiger charge is -2.30. The second-order valence-corrected chi connectivity index (χ2v) is 7.44. The molecule has 2 N–H and O–H groups in total. The van der Waals surface area contributed by atoms with Crippen LogP contribution in [0.5, 0.6) is 0 Å². The number of thiocarbonyl (C=S) groups is 1. The molecule has 1 aliphatic carbocycles. The first-order valence-corrected chi connectivity index (χ1v) is 9.16. The fraction of sp³-hybridized carbons (Fsp3) is 0.333. The van der Waals surface area contributed by atoms with Crippen LogP contribution in [0.3, 0.4) is 0 Å². The molecule has 0 amide bonds. The lowest BCUT2D eigenvalue weighted by Crippen LogP contribution is -2.40. The van der Waals surface area contributed by atoms with E-state index >= 15 is 0 Å². The molecule has 3 nitrogen and oxygen atoms in total. The molecule has 1 fully saturated rings. The zero-order chi connectivity index (χ0) is 17.0. The highest BCUT2D eigenvalue weighted by atomic mass is 35.5. The number of anilines is 1. The van der Waals surface area contributed by atoms with Crippen LogP contribution in [0, 0.1) is 0 Å². The van der Waals surface area contributed by atoms with Gasteiger partial charge in [-0.1, -0.05) is 48.2 Å². The van der Waals surface area contributed by atoms with Crippen molar-refractivity contribution < 1.29 is 0 Å². The Morgan fingerprint density at radius 1 is 1.04 bits per heavy atom. The number of hydrogen-bond donors (Lipinski definition) is 2. The molecule has 0 unspecified atom stereocenters. The fourth-order valence-electron chi connectivity index (χ4n) is 3.28. The van der Waals surface area contributed by atoms with Crippen molar-refractivity contribution in [2.24, 2.45) is 0 Å². The van der Waals surface area contributed by atoms with E-state index in [0.29, 0.717) is 16.0 Å². The number of nitrogens with one attached hydrogen (secondary N) is 2. The average molecular weight is 380 g/mol.